The number of amides is 1. The van der Waals surface area contributed by atoms with Crippen LogP contribution < -0.4 is 0 Å². The zero-order valence-corrected chi connectivity index (χ0v) is 17.1. The number of nitro benzene ring substituents is 1. The highest BCUT2D eigenvalue weighted by Crippen LogP contribution is 2.43. The average molecular weight is 415 g/mol. The van der Waals surface area contributed by atoms with Gasteiger partial charge in [0.25, 0.3) is 11.6 Å². The molecule has 0 bridgehead atoms. The molecule has 0 radical (unpaired) electrons. The van der Waals surface area contributed by atoms with Crippen LogP contribution in [0.2, 0.25) is 0 Å². The topological polar surface area (TPSA) is 104 Å². The van der Waals surface area contributed by atoms with Gasteiger partial charge in [0.15, 0.2) is 0 Å². The van der Waals surface area contributed by atoms with Crippen LogP contribution in [0.1, 0.15) is 55.3 Å². The number of hydrogen-bond acceptors (Lipinski definition) is 5. The second-order valence-electron chi connectivity index (χ2n) is 8.85. The van der Waals surface area contributed by atoms with E-state index in [1.807, 2.05) is 4.90 Å². The molecule has 0 unspecified atom stereocenters. The normalized spacial score (nSPS) is 28.6. The van der Waals surface area contributed by atoms with E-state index in [0.29, 0.717) is 42.8 Å². The molecule has 3 aliphatic rings. The first-order valence-corrected chi connectivity index (χ1v) is 11.0. The molecule has 0 saturated carbocycles. The first kappa shape index (κ1) is 20.8. The van der Waals surface area contributed by atoms with Crippen LogP contribution in [0.4, 0.5) is 5.69 Å². The van der Waals surface area contributed by atoms with Crippen molar-refractivity contribution in [3.8, 4) is 0 Å². The Kier molecular flexibility index (Phi) is 6.04. The van der Waals surface area contributed by atoms with E-state index in [1.54, 1.807) is 12.1 Å². The van der Waals surface area contributed by atoms with Crippen molar-refractivity contribution in [3.63, 3.8) is 0 Å². The van der Waals surface area contributed by atoms with E-state index in [4.69, 9.17) is 5.11 Å². The maximum Gasteiger partial charge on any atom is 0.303 e. The summed E-state index contributed by atoms with van der Waals surface area (Å²) in [6.45, 7) is 2.87. The number of carbonyl (C=O) groups is 2. The summed E-state index contributed by atoms with van der Waals surface area (Å²) in [4.78, 5) is 39.8. The van der Waals surface area contributed by atoms with Crippen molar-refractivity contribution >= 4 is 17.6 Å². The summed E-state index contributed by atoms with van der Waals surface area (Å²) < 4.78 is 0. The summed E-state index contributed by atoms with van der Waals surface area (Å²) in [6.07, 6.45) is 5.67. The summed E-state index contributed by atoms with van der Waals surface area (Å²) in [5.74, 6) is -0.222. The van der Waals surface area contributed by atoms with E-state index in [1.165, 1.54) is 12.1 Å². The molecule has 3 saturated heterocycles. The first-order chi connectivity index (χ1) is 14.5. The van der Waals surface area contributed by atoms with Crippen LogP contribution in [0, 0.1) is 22.0 Å². The molecule has 8 heteroatoms. The second kappa shape index (κ2) is 8.71. The molecule has 0 aromatic heterocycles. The molecule has 30 heavy (non-hydrogen) atoms. The second-order valence-corrected chi connectivity index (χ2v) is 8.85. The maximum atomic E-state index is 13.5. The first-order valence-electron chi connectivity index (χ1n) is 11.0. The van der Waals surface area contributed by atoms with Gasteiger partial charge in [-0.3, -0.25) is 24.6 Å². The molecule has 8 nitrogen and oxygen atoms in total. The molecule has 0 spiro atoms. The lowest BCUT2D eigenvalue weighted by Gasteiger charge is -2.57. The molecule has 3 aliphatic heterocycles. The standard InChI is InChI=1S/C22H29N3O5/c26-20(27)10-2-9-19-18-8-4-12-23-11-3-6-16(21(18)23)14-24(19)22(28)15-5-1-7-17(13-15)25(29)30/h1,5,7,13,16,18-19,21H,2-4,6,8-12,14H2,(H,26,27)/t16-,18+,19-,21-/m0/s1. The zero-order chi connectivity index (χ0) is 21.3. The summed E-state index contributed by atoms with van der Waals surface area (Å²) >= 11 is 0. The largest absolute Gasteiger partial charge is 0.481 e. The summed E-state index contributed by atoms with van der Waals surface area (Å²) in [7, 11) is 0. The van der Waals surface area contributed by atoms with Gasteiger partial charge < -0.3 is 10.0 Å². The number of non-ortho nitro benzene ring substituents is 1. The van der Waals surface area contributed by atoms with Crippen LogP contribution in [0.15, 0.2) is 24.3 Å². The maximum absolute atomic E-state index is 13.5. The highest BCUT2D eigenvalue weighted by atomic mass is 16.6. The molecule has 162 valence electrons. The third-order valence-electron chi connectivity index (χ3n) is 7.13. The zero-order valence-electron chi connectivity index (χ0n) is 17.1. The molecule has 1 aromatic carbocycles. The molecule has 3 fully saturated rings. The lowest BCUT2D eigenvalue weighted by Crippen LogP contribution is -2.65. The van der Waals surface area contributed by atoms with Gasteiger partial charge in [0, 0.05) is 42.7 Å². The van der Waals surface area contributed by atoms with Crippen LogP contribution in [-0.2, 0) is 4.79 Å². The molecular weight excluding hydrogens is 386 g/mol. The highest BCUT2D eigenvalue weighted by Gasteiger charge is 2.49. The number of rotatable bonds is 6. The number of carbonyl (C=O) groups excluding carboxylic acids is 1. The number of nitrogens with zero attached hydrogens (tertiary/aromatic N) is 3. The Bertz CT molecular complexity index is 827. The van der Waals surface area contributed by atoms with Gasteiger partial charge in [-0.1, -0.05) is 6.07 Å². The van der Waals surface area contributed by atoms with E-state index < -0.39 is 10.9 Å². The minimum atomic E-state index is -0.816. The molecular formula is C22H29N3O5. The predicted octanol–water partition coefficient (Wildman–Crippen LogP) is 3.16. The number of nitro groups is 1. The quantitative estimate of drug-likeness (QED) is 0.565. The Labute approximate surface area is 176 Å². The summed E-state index contributed by atoms with van der Waals surface area (Å²) in [5, 5.41) is 20.3. The SMILES string of the molecule is O=C(O)CCC[C@H]1[C@H]2CCCN3CCC[C@@H](CN1C(=O)c1cccc([N+](=O)[O-])c1)[C@@H]23. The van der Waals surface area contributed by atoms with Crippen molar-refractivity contribution in [2.45, 2.75) is 57.0 Å². The van der Waals surface area contributed by atoms with Crippen LogP contribution in [0.3, 0.4) is 0 Å². The van der Waals surface area contributed by atoms with Crippen LogP contribution in [-0.4, -0.2) is 63.4 Å². The fourth-order valence-electron chi connectivity index (χ4n) is 5.98. The van der Waals surface area contributed by atoms with Crippen LogP contribution >= 0.6 is 0 Å². The van der Waals surface area contributed by atoms with Gasteiger partial charge in [-0.05, 0) is 69.5 Å². The molecule has 0 aliphatic carbocycles. The van der Waals surface area contributed by atoms with Gasteiger partial charge >= 0.3 is 5.97 Å². The monoisotopic (exact) mass is 415 g/mol. The molecule has 3 heterocycles. The van der Waals surface area contributed by atoms with Crippen molar-refractivity contribution in [2.75, 3.05) is 19.6 Å². The highest BCUT2D eigenvalue weighted by molar-refractivity contribution is 5.95. The molecule has 1 amide bonds. The number of piperidine rings is 3. The third kappa shape index (κ3) is 4.05. The van der Waals surface area contributed by atoms with Crippen molar-refractivity contribution in [2.24, 2.45) is 11.8 Å². The molecule has 4 atom stereocenters. The lowest BCUT2D eigenvalue weighted by atomic mass is 9.69. The molecule has 1 N–H and O–H groups in total. The van der Waals surface area contributed by atoms with Crippen LogP contribution in [0.5, 0.6) is 0 Å². The summed E-state index contributed by atoms with van der Waals surface area (Å²) in [5.41, 5.74) is 0.258. The minimum absolute atomic E-state index is 0.0155. The van der Waals surface area contributed by atoms with E-state index in [-0.39, 0.29) is 24.1 Å². The smallest absolute Gasteiger partial charge is 0.303 e. The number of benzene rings is 1. The van der Waals surface area contributed by atoms with Gasteiger partial charge in [0.2, 0.25) is 0 Å². The number of aliphatic carboxylic acids is 1. The van der Waals surface area contributed by atoms with E-state index >= 15 is 0 Å². The fraction of sp³-hybridized carbons (Fsp3) is 0.636. The van der Waals surface area contributed by atoms with Gasteiger partial charge in [-0.15, -0.1) is 0 Å². The van der Waals surface area contributed by atoms with E-state index in [9.17, 15) is 19.7 Å². The lowest BCUT2D eigenvalue weighted by molar-refractivity contribution is -0.384. The van der Waals surface area contributed by atoms with Gasteiger partial charge in [0.05, 0.1) is 4.92 Å². The average Bonchev–Trinajstić information content (AvgIpc) is 2.74. The predicted molar refractivity (Wildman–Crippen MR) is 110 cm³/mol. The Balaban J connectivity index is 1.63. The van der Waals surface area contributed by atoms with Gasteiger partial charge in [0.1, 0.15) is 0 Å². The Morgan fingerprint density at radius 3 is 2.70 bits per heavy atom. The fourth-order valence-corrected chi connectivity index (χ4v) is 5.98. The Hall–Kier alpha value is -2.48. The molecule has 1 aromatic rings. The van der Waals surface area contributed by atoms with Crippen LogP contribution in [0.25, 0.3) is 0 Å². The number of carboxylic acid groups (broad SMARTS) is 1. The van der Waals surface area contributed by atoms with Crippen molar-refractivity contribution in [1.82, 2.24) is 9.80 Å². The Morgan fingerprint density at radius 2 is 1.97 bits per heavy atom. The van der Waals surface area contributed by atoms with Crippen molar-refractivity contribution < 1.29 is 19.6 Å². The Morgan fingerprint density at radius 1 is 1.20 bits per heavy atom. The molecule has 4 rings (SSSR count). The van der Waals surface area contributed by atoms with Crippen molar-refractivity contribution in [3.05, 3.63) is 39.9 Å². The summed E-state index contributed by atoms with van der Waals surface area (Å²) in [6, 6.07) is 6.41. The van der Waals surface area contributed by atoms with Gasteiger partial charge in [-0.25, -0.2) is 0 Å². The van der Waals surface area contributed by atoms with Gasteiger partial charge in [-0.2, -0.15) is 0 Å². The number of carboxylic acids is 1. The number of hydrogen-bond donors (Lipinski definition) is 1. The van der Waals surface area contributed by atoms with Crippen molar-refractivity contribution in [1.29, 1.82) is 0 Å². The minimum Gasteiger partial charge on any atom is -0.481 e. The third-order valence-corrected chi connectivity index (χ3v) is 7.13. The van der Waals surface area contributed by atoms with E-state index in [0.717, 1.165) is 38.8 Å². The van der Waals surface area contributed by atoms with E-state index in [2.05, 4.69) is 4.90 Å². The number of likely N-dealkylation sites (tertiary alicyclic amines) is 1.